The maximum absolute atomic E-state index is 11.8. The highest BCUT2D eigenvalue weighted by Gasteiger charge is 2.54. The molecule has 21 heavy (non-hydrogen) atoms. The van der Waals surface area contributed by atoms with Gasteiger partial charge in [0.15, 0.2) is 0 Å². The molecular formula is C18H12NO2-. The number of fused-ring (bicyclic) bond motifs is 1. The number of carboxylic acid groups (broad SMARTS) is 1. The van der Waals surface area contributed by atoms with Crippen molar-refractivity contribution in [2.45, 2.75) is 18.3 Å². The second-order valence-corrected chi connectivity index (χ2v) is 5.82. The molecule has 2 bridgehead atoms. The molecule has 0 aliphatic heterocycles. The number of carboxylic acids is 1. The summed E-state index contributed by atoms with van der Waals surface area (Å²) < 4.78 is 0. The highest BCUT2D eigenvalue weighted by atomic mass is 16.4. The van der Waals surface area contributed by atoms with E-state index in [-0.39, 0.29) is 5.92 Å². The lowest BCUT2D eigenvalue weighted by atomic mass is 9.52. The molecule has 0 aromatic heterocycles. The van der Waals surface area contributed by atoms with E-state index in [1.54, 1.807) is 0 Å². The van der Waals surface area contributed by atoms with Crippen LogP contribution in [0.2, 0.25) is 0 Å². The molecule has 0 fully saturated rings. The quantitative estimate of drug-likeness (QED) is 0.798. The van der Waals surface area contributed by atoms with Gasteiger partial charge in [-0.1, -0.05) is 48.5 Å². The van der Waals surface area contributed by atoms with Crippen LogP contribution in [0.25, 0.3) is 0 Å². The van der Waals surface area contributed by atoms with E-state index in [2.05, 4.69) is 6.07 Å². The standard InChI is InChI=1S/C18H13NO2/c19-10-18(17(20)21)9-15-11-5-1-3-7-13(11)16(18)14-8-4-2-6-12(14)15/h1-8,15-16H,9H2,(H,20,21)/p-1/t15?,16?,18-/m1/s1. The van der Waals surface area contributed by atoms with Crippen LogP contribution in [0, 0.1) is 16.7 Å². The molecule has 2 aromatic rings. The van der Waals surface area contributed by atoms with Gasteiger partial charge in [-0.05, 0) is 28.7 Å². The summed E-state index contributed by atoms with van der Waals surface area (Å²) in [6.45, 7) is 0. The van der Waals surface area contributed by atoms with Crippen molar-refractivity contribution < 1.29 is 9.90 Å². The van der Waals surface area contributed by atoms with E-state index in [1.807, 2.05) is 48.5 Å². The molecule has 5 rings (SSSR count). The van der Waals surface area contributed by atoms with E-state index in [9.17, 15) is 15.2 Å². The minimum atomic E-state index is -1.46. The molecule has 3 heteroatoms. The van der Waals surface area contributed by atoms with E-state index in [1.165, 1.54) is 0 Å². The first kappa shape index (κ1) is 12.2. The molecule has 1 atom stereocenters. The molecule has 3 aliphatic carbocycles. The Hall–Kier alpha value is -2.60. The van der Waals surface area contributed by atoms with E-state index >= 15 is 0 Å². The minimum Gasteiger partial charge on any atom is -0.548 e. The van der Waals surface area contributed by atoms with Crippen molar-refractivity contribution in [3.8, 4) is 6.07 Å². The smallest absolute Gasteiger partial charge is 0.108 e. The number of hydrogen-bond acceptors (Lipinski definition) is 3. The van der Waals surface area contributed by atoms with E-state index in [0.717, 1.165) is 22.3 Å². The molecule has 0 radical (unpaired) electrons. The second kappa shape index (κ2) is 3.95. The molecule has 0 spiro atoms. The molecule has 0 unspecified atom stereocenters. The van der Waals surface area contributed by atoms with Gasteiger partial charge < -0.3 is 9.90 Å². The lowest BCUT2D eigenvalue weighted by Gasteiger charge is -2.50. The third-order valence-corrected chi connectivity index (χ3v) is 4.95. The van der Waals surface area contributed by atoms with Crippen LogP contribution in [-0.2, 0) is 4.79 Å². The fourth-order valence-electron chi connectivity index (χ4n) is 4.06. The summed E-state index contributed by atoms with van der Waals surface area (Å²) in [5.41, 5.74) is 2.74. The molecule has 0 N–H and O–H groups in total. The Bertz CT molecular complexity index is 757. The van der Waals surface area contributed by atoms with Gasteiger partial charge in [0.05, 0.1) is 12.0 Å². The van der Waals surface area contributed by atoms with Gasteiger partial charge in [0.1, 0.15) is 5.41 Å². The van der Waals surface area contributed by atoms with Gasteiger partial charge in [-0.15, -0.1) is 0 Å². The van der Waals surface area contributed by atoms with Crippen molar-refractivity contribution in [2.75, 3.05) is 0 Å². The van der Waals surface area contributed by atoms with Gasteiger partial charge in [-0.3, -0.25) is 0 Å². The first-order valence-corrected chi connectivity index (χ1v) is 6.99. The number of carbonyl (C=O) groups is 1. The zero-order valence-corrected chi connectivity index (χ0v) is 11.2. The van der Waals surface area contributed by atoms with E-state index < -0.39 is 17.3 Å². The molecule has 0 heterocycles. The Morgan fingerprint density at radius 1 is 1.05 bits per heavy atom. The second-order valence-electron chi connectivity index (χ2n) is 5.82. The molecule has 0 saturated carbocycles. The maximum atomic E-state index is 11.8. The number of benzene rings is 2. The number of carbonyl (C=O) groups excluding carboxylic acids is 1. The van der Waals surface area contributed by atoms with Gasteiger partial charge in [0, 0.05) is 11.8 Å². The highest BCUT2D eigenvalue weighted by molar-refractivity contribution is 5.82. The lowest BCUT2D eigenvalue weighted by molar-refractivity contribution is -0.317. The van der Waals surface area contributed by atoms with Crippen LogP contribution < -0.4 is 5.11 Å². The molecule has 3 nitrogen and oxygen atoms in total. The summed E-state index contributed by atoms with van der Waals surface area (Å²) in [6.07, 6.45) is 0.296. The van der Waals surface area contributed by atoms with Gasteiger partial charge in [-0.2, -0.15) is 5.26 Å². The van der Waals surface area contributed by atoms with Crippen molar-refractivity contribution in [3.63, 3.8) is 0 Å². The summed E-state index contributed by atoms with van der Waals surface area (Å²) in [5, 5.41) is 21.4. The Kier molecular flexibility index (Phi) is 2.29. The summed E-state index contributed by atoms with van der Waals surface area (Å²) in [6, 6.07) is 17.8. The van der Waals surface area contributed by atoms with Crippen LogP contribution in [0.15, 0.2) is 48.5 Å². The van der Waals surface area contributed by atoms with Crippen molar-refractivity contribution >= 4 is 5.97 Å². The Balaban J connectivity index is 2.08. The number of hydrogen-bond donors (Lipinski definition) is 0. The van der Waals surface area contributed by atoms with Gasteiger partial charge in [0.2, 0.25) is 0 Å². The van der Waals surface area contributed by atoms with Gasteiger partial charge >= 0.3 is 0 Å². The summed E-state index contributed by atoms with van der Waals surface area (Å²) in [5.74, 6) is -1.74. The first-order chi connectivity index (χ1) is 10.2. The largest absolute Gasteiger partial charge is 0.548 e. The number of aliphatic carboxylic acids is 1. The van der Waals surface area contributed by atoms with Crippen LogP contribution in [0.5, 0.6) is 0 Å². The van der Waals surface area contributed by atoms with E-state index in [0.29, 0.717) is 6.42 Å². The highest BCUT2D eigenvalue weighted by Crippen LogP contribution is 2.60. The summed E-state index contributed by atoms with van der Waals surface area (Å²) in [4.78, 5) is 11.8. The fourth-order valence-corrected chi connectivity index (χ4v) is 4.06. The van der Waals surface area contributed by atoms with Crippen molar-refractivity contribution in [1.29, 1.82) is 5.26 Å². The predicted octanol–water partition coefficient (Wildman–Crippen LogP) is 1.93. The molecule has 2 aromatic carbocycles. The third-order valence-electron chi connectivity index (χ3n) is 4.95. The predicted molar refractivity (Wildman–Crippen MR) is 74.2 cm³/mol. The van der Waals surface area contributed by atoms with Crippen molar-refractivity contribution in [3.05, 3.63) is 70.8 Å². The van der Waals surface area contributed by atoms with Crippen molar-refractivity contribution in [2.24, 2.45) is 5.41 Å². The van der Waals surface area contributed by atoms with E-state index in [4.69, 9.17) is 0 Å². The molecule has 0 amide bonds. The van der Waals surface area contributed by atoms with Crippen LogP contribution in [-0.4, -0.2) is 5.97 Å². The van der Waals surface area contributed by atoms with Crippen LogP contribution in [0.4, 0.5) is 0 Å². The number of nitriles is 1. The molecule has 0 saturated heterocycles. The number of rotatable bonds is 1. The average Bonchev–Trinajstić information content (AvgIpc) is 2.54. The minimum absolute atomic E-state index is 0.0417. The molecular weight excluding hydrogens is 262 g/mol. The molecule has 102 valence electrons. The normalized spacial score (nSPS) is 28.3. The monoisotopic (exact) mass is 274 g/mol. The van der Waals surface area contributed by atoms with Gasteiger partial charge in [0.25, 0.3) is 0 Å². The van der Waals surface area contributed by atoms with Crippen molar-refractivity contribution in [1.82, 2.24) is 0 Å². The van der Waals surface area contributed by atoms with Gasteiger partial charge in [-0.25, -0.2) is 0 Å². The fraction of sp³-hybridized carbons (Fsp3) is 0.222. The van der Waals surface area contributed by atoms with Crippen LogP contribution in [0.1, 0.15) is 40.5 Å². The Morgan fingerprint density at radius 3 is 1.95 bits per heavy atom. The van der Waals surface area contributed by atoms with Crippen LogP contribution in [0.3, 0.4) is 0 Å². The van der Waals surface area contributed by atoms with Crippen LogP contribution >= 0.6 is 0 Å². The number of nitrogens with zero attached hydrogens (tertiary/aromatic N) is 1. The summed E-state index contributed by atoms with van der Waals surface area (Å²) >= 11 is 0. The Labute approximate surface area is 122 Å². The zero-order valence-electron chi connectivity index (χ0n) is 11.2. The average molecular weight is 274 g/mol. The molecule has 3 aliphatic rings. The SMILES string of the molecule is N#C[C@]1(C(=O)[O-])CC2c3ccccc3C1c1ccccc12. The maximum Gasteiger partial charge on any atom is 0.108 e. The third kappa shape index (κ3) is 1.34. The topological polar surface area (TPSA) is 63.9 Å². The summed E-state index contributed by atoms with van der Waals surface area (Å²) in [7, 11) is 0. The Morgan fingerprint density at radius 2 is 1.52 bits per heavy atom. The first-order valence-electron chi connectivity index (χ1n) is 6.99. The zero-order chi connectivity index (χ0) is 14.6. The lowest BCUT2D eigenvalue weighted by Crippen LogP contribution is -2.51.